The Hall–Kier alpha value is -4.30. The van der Waals surface area contributed by atoms with E-state index < -0.39 is 0 Å². The van der Waals surface area contributed by atoms with Crippen LogP contribution in [0.4, 0.5) is 0 Å². The van der Waals surface area contributed by atoms with E-state index in [1.54, 1.807) is 0 Å². The Balaban J connectivity index is 1.62. The fourth-order valence-corrected chi connectivity index (χ4v) is 5.01. The van der Waals surface area contributed by atoms with E-state index >= 15 is 0 Å². The SMILES string of the molecule is Cc1ccc(-c2ccc(-c3cccc4oc5ccccc5c34)c3c2oc2ccccc23)cc1. The largest absolute Gasteiger partial charge is 0.456 e. The van der Waals surface area contributed by atoms with Gasteiger partial charge in [0.25, 0.3) is 0 Å². The van der Waals surface area contributed by atoms with Gasteiger partial charge in [-0.25, -0.2) is 0 Å². The van der Waals surface area contributed by atoms with Gasteiger partial charge >= 0.3 is 0 Å². The smallest absolute Gasteiger partial charge is 0.143 e. The molecule has 2 heteroatoms. The molecule has 0 atom stereocenters. The summed E-state index contributed by atoms with van der Waals surface area (Å²) in [6, 6.07) is 35.9. The predicted octanol–water partition coefficient (Wildman–Crippen LogP) is 9.13. The predicted molar refractivity (Wildman–Crippen MR) is 137 cm³/mol. The third-order valence-electron chi connectivity index (χ3n) is 6.58. The molecular formula is C31H20O2. The molecule has 0 radical (unpaired) electrons. The standard InChI is InChI=1S/C31H20O2/c1-19-13-15-20(16-14-19)21-17-18-23(30-25-8-3-5-11-27(25)33-31(21)30)22-9-6-12-28-29(22)24-7-2-4-10-26(24)32-28/h2-18H,1H3. The summed E-state index contributed by atoms with van der Waals surface area (Å²) in [4.78, 5) is 0. The maximum Gasteiger partial charge on any atom is 0.143 e. The lowest BCUT2D eigenvalue weighted by atomic mass is 9.92. The number of furan rings is 2. The van der Waals surface area contributed by atoms with Gasteiger partial charge in [-0.3, -0.25) is 0 Å². The van der Waals surface area contributed by atoms with Crippen molar-refractivity contribution in [3.05, 3.63) is 109 Å². The number of para-hydroxylation sites is 2. The van der Waals surface area contributed by atoms with Crippen molar-refractivity contribution in [3.63, 3.8) is 0 Å². The van der Waals surface area contributed by atoms with E-state index in [4.69, 9.17) is 8.83 Å². The highest BCUT2D eigenvalue weighted by Gasteiger charge is 2.20. The van der Waals surface area contributed by atoms with Crippen LogP contribution in [0.3, 0.4) is 0 Å². The molecule has 2 aromatic heterocycles. The summed E-state index contributed by atoms with van der Waals surface area (Å²) in [5.74, 6) is 0. The Morgan fingerprint density at radius 3 is 1.85 bits per heavy atom. The zero-order chi connectivity index (χ0) is 21.9. The van der Waals surface area contributed by atoms with Crippen LogP contribution in [0.25, 0.3) is 66.1 Å². The van der Waals surface area contributed by atoms with Crippen LogP contribution < -0.4 is 0 Å². The van der Waals surface area contributed by atoms with Crippen molar-refractivity contribution >= 4 is 43.9 Å². The fourth-order valence-electron chi connectivity index (χ4n) is 5.01. The number of benzene rings is 5. The normalized spacial score (nSPS) is 11.8. The maximum atomic E-state index is 6.49. The topological polar surface area (TPSA) is 26.3 Å². The molecular weight excluding hydrogens is 404 g/mol. The summed E-state index contributed by atoms with van der Waals surface area (Å²) < 4.78 is 12.7. The van der Waals surface area contributed by atoms with Gasteiger partial charge in [-0.15, -0.1) is 0 Å². The quantitative estimate of drug-likeness (QED) is 0.276. The Labute approximate surface area is 190 Å². The minimum atomic E-state index is 0.900. The zero-order valence-corrected chi connectivity index (χ0v) is 18.1. The van der Waals surface area contributed by atoms with Gasteiger partial charge in [0.05, 0.1) is 0 Å². The molecule has 7 aromatic rings. The molecule has 7 rings (SSSR count). The molecule has 0 saturated heterocycles. The summed E-state index contributed by atoms with van der Waals surface area (Å²) in [6.45, 7) is 2.11. The van der Waals surface area contributed by atoms with Crippen molar-refractivity contribution in [1.82, 2.24) is 0 Å². The highest BCUT2D eigenvalue weighted by Crippen LogP contribution is 2.44. The molecule has 0 spiro atoms. The fraction of sp³-hybridized carbons (Fsp3) is 0.0323. The summed E-state index contributed by atoms with van der Waals surface area (Å²) in [7, 11) is 0. The molecule has 0 fully saturated rings. The summed E-state index contributed by atoms with van der Waals surface area (Å²) >= 11 is 0. The van der Waals surface area contributed by atoms with Gasteiger partial charge in [-0.2, -0.15) is 0 Å². The molecule has 0 saturated carbocycles. The molecule has 0 amide bonds. The molecule has 156 valence electrons. The van der Waals surface area contributed by atoms with Crippen LogP contribution in [-0.2, 0) is 0 Å². The van der Waals surface area contributed by atoms with E-state index in [1.165, 1.54) is 5.56 Å². The van der Waals surface area contributed by atoms with Crippen LogP contribution in [0.5, 0.6) is 0 Å². The highest BCUT2D eigenvalue weighted by molar-refractivity contribution is 6.21. The molecule has 33 heavy (non-hydrogen) atoms. The number of aryl methyl sites for hydroxylation is 1. The molecule has 0 aliphatic heterocycles. The molecule has 2 nitrogen and oxygen atoms in total. The van der Waals surface area contributed by atoms with Crippen LogP contribution >= 0.6 is 0 Å². The maximum absolute atomic E-state index is 6.49. The van der Waals surface area contributed by atoms with E-state index in [1.807, 2.05) is 30.3 Å². The van der Waals surface area contributed by atoms with Crippen molar-refractivity contribution in [3.8, 4) is 22.3 Å². The lowest BCUT2D eigenvalue weighted by Gasteiger charge is -2.10. The lowest BCUT2D eigenvalue weighted by Crippen LogP contribution is -1.85. The van der Waals surface area contributed by atoms with E-state index in [0.29, 0.717) is 0 Å². The second-order valence-electron chi connectivity index (χ2n) is 8.61. The third-order valence-corrected chi connectivity index (χ3v) is 6.58. The molecule has 0 unspecified atom stereocenters. The summed E-state index contributed by atoms with van der Waals surface area (Å²) in [5, 5.41) is 4.54. The Bertz CT molecular complexity index is 1810. The average molecular weight is 424 g/mol. The number of fused-ring (bicyclic) bond motifs is 6. The number of hydrogen-bond donors (Lipinski definition) is 0. The van der Waals surface area contributed by atoms with Crippen LogP contribution in [0.2, 0.25) is 0 Å². The molecule has 0 bridgehead atoms. The Morgan fingerprint density at radius 1 is 0.455 bits per heavy atom. The van der Waals surface area contributed by atoms with Gasteiger partial charge in [0.1, 0.15) is 22.3 Å². The molecule has 5 aromatic carbocycles. The first-order valence-electron chi connectivity index (χ1n) is 11.2. The van der Waals surface area contributed by atoms with Crippen LogP contribution in [0, 0.1) is 6.92 Å². The minimum Gasteiger partial charge on any atom is -0.456 e. The molecule has 0 aliphatic carbocycles. The number of hydrogen-bond acceptors (Lipinski definition) is 2. The second-order valence-corrected chi connectivity index (χ2v) is 8.61. The monoisotopic (exact) mass is 424 g/mol. The van der Waals surface area contributed by atoms with E-state index in [9.17, 15) is 0 Å². The minimum absolute atomic E-state index is 0.900. The molecule has 0 N–H and O–H groups in total. The van der Waals surface area contributed by atoms with Crippen LogP contribution in [0.1, 0.15) is 5.56 Å². The second kappa shape index (κ2) is 6.85. The van der Waals surface area contributed by atoms with Gasteiger partial charge < -0.3 is 8.83 Å². The average Bonchev–Trinajstić information content (AvgIpc) is 3.43. The van der Waals surface area contributed by atoms with Crippen molar-refractivity contribution in [2.75, 3.05) is 0 Å². The highest BCUT2D eigenvalue weighted by atomic mass is 16.3. The van der Waals surface area contributed by atoms with Gasteiger partial charge in [0, 0.05) is 27.1 Å². The molecule has 2 heterocycles. The molecule has 0 aliphatic rings. The van der Waals surface area contributed by atoms with Crippen molar-refractivity contribution in [1.29, 1.82) is 0 Å². The van der Waals surface area contributed by atoms with Gasteiger partial charge in [0.2, 0.25) is 0 Å². The van der Waals surface area contributed by atoms with E-state index in [-0.39, 0.29) is 0 Å². The zero-order valence-electron chi connectivity index (χ0n) is 18.1. The van der Waals surface area contributed by atoms with Crippen molar-refractivity contribution < 1.29 is 8.83 Å². The summed E-state index contributed by atoms with van der Waals surface area (Å²) in [5.41, 5.74) is 9.45. The Morgan fingerprint density at radius 2 is 1.06 bits per heavy atom. The van der Waals surface area contributed by atoms with Crippen molar-refractivity contribution in [2.24, 2.45) is 0 Å². The first-order valence-corrected chi connectivity index (χ1v) is 11.2. The van der Waals surface area contributed by atoms with Crippen LogP contribution in [0.15, 0.2) is 112 Å². The lowest BCUT2D eigenvalue weighted by molar-refractivity contribution is 0.668. The van der Waals surface area contributed by atoms with Gasteiger partial charge in [-0.05, 0) is 47.9 Å². The first kappa shape index (κ1) is 18.3. The van der Waals surface area contributed by atoms with Crippen LogP contribution in [-0.4, -0.2) is 0 Å². The summed E-state index contributed by atoms with van der Waals surface area (Å²) in [6.07, 6.45) is 0. The Kier molecular flexibility index (Phi) is 3.80. The van der Waals surface area contributed by atoms with Crippen molar-refractivity contribution in [2.45, 2.75) is 6.92 Å². The van der Waals surface area contributed by atoms with Gasteiger partial charge in [0.15, 0.2) is 0 Å². The first-order chi connectivity index (χ1) is 16.3. The van der Waals surface area contributed by atoms with E-state index in [2.05, 4.69) is 79.7 Å². The van der Waals surface area contributed by atoms with E-state index in [0.717, 1.165) is 66.1 Å². The third kappa shape index (κ3) is 2.68. The number of rotatable bonds is 2. The van der Waals surface area contributed by atoms with Gasteiger partial charge in [-0.1, -0.05) is 84.4 Å².